The molecule has 0 atom stereocenters. The molecule has 0 aliphatic carbocycles. The number of urea groups is 1. The fourth-order valence-electron chi connectivity index (χ4n) is 2.78. The lowest BCUT2D eigenvalue weighted by Crippen LogP contribution is -2.40. The highest BCUT2D eigenvalue weighted by molar-refractivity contribution is 7.10. The SMILES string of the molecule is O=C(NCc1csc(C(F)(F)F)c1)N(CCc1ccccc1)Cc1cccnc1. The van der Waals surface area contributed by atoms with Gasteiger partial charge in [0, 0.05) is 32.0 Å². The van der Waals surface area contributed by atoms with Gasteiger partial charge in [-0.2, -0.15) is 13.2 Å². The number of carbonyl (C=O) groups excluding carboxylic acids is 1. The summed E-state index contributed by atoms with van der Waals surface area (Å²) in [7, 11) is 0. The van der Waals surface area contributed by atoms with E-state index in [-0.39, 0.29) is 12.6 Å². The van der Waals surface area contributed by atoms with Crippen molar-refractivity contribution in [3.63, 3.8) is 0 Å². The lowest BCUT2D eigenvalue weighted by atomic mass is 10.1. The number of aromatic nitrogens is 1. The van der Waals surface area contributed by atoms with Crippen molar-refractivity contribution in [3.8, 4) is 0 Å². The normalized spacial score (nSPS) is 11.3. The summed E-state index contributed by atoms with van der Waals surface area (Å²) in [5.41, 5.74) is 2.41. The molecule has 0 unspecified atom stereocenters. The molecule has 2 heterocycles. The Hall–Kier alpha value is -2.87. The molecule has 1 N–H and O–H groups in total. The minimum atomic E-state index is -4.37. The summed E-state index contributed by atoms with van der Waals surface area (Å²) >= 11 is 0.629. The number of halogens is 3. The van der Waals surface area contributed by atoms with E-state index in [4.69, 9.17) is 0 Å². The van der Waals surface area contributed by atoms with Crippen molar-refractivity contribution in [2.45, 2.75) is 25.7 Å². The molecule has 0 aliphatic heterocycles. The van der Waals surface area contributed by atoms with Crippen LogP contribution in [-0.2, 0) is 25.7 Å². The lowest BCUT2D eigenvalue weighted by molar-refractivity contribution is -0.134. The Morgan fingerprint density at radius 1 is 1.07 bits per heavy atom. The van der Waals surface area contributed by atoms with E-state index >= 15 is 0 Å². The van der Waals surface area contributed by atoms with Crippen LogP contribution in [0, 0.1) is 0 Å². The van der Waals surface area contributed by atoms with Crippen molar-refractivity contribution in [1.82, 2.24) is 15.2 Å². The molecule has 2 aromatic heterocycles. The molecule has 0 saturated heterocycles. The maximum Gasteiger partial charge on any atom is 0.425 e. The largest absolute Gasteiger partial charge is 0.425 e. The summed E-state index contributed by atoms with van der Waals surface area (Å²) in [5, 5.41) is 4.14. The number of alkyl halides is 3. The number of thiophene rings is 1. The summed E-state index contributed by atoms with van der Waals surface area (Å²) in [6.07, 6.45) is -0.343. The zero-order valence-electron chi connectivity index (χ0n) is 15.5. The zero-order valence-corrected chi connectivity index (χ0v) is 16.3. The first-order valence-electron chi connectivity index (χ1n) is 9.02. The van der Waals surface area contributed by atoms with Gasteiger partial charge in [0.1, 0.15) is 4.88 Å². The minimum absolute atomic E-state index is 0.0420. The van der Waals surface area contributed by atoms with Crippen molar-refractivity contribution in [2.24, 2.45) is 0 Å². The number of amides is 2. The summed E-state index contributed by atoms with van der Waals surface area (Å²) < 4.78 is 38.2. The molecule has 2 amide bonds. The van der Waals surface area contributed by atoms with Crippen LogP contribution in [0.5, 0.6) is 0 Å². The molecule has 152 valence electrons. The standard InChI is InChI=1S/C21H20F3N3OS/c22-21(23,24)19-11-18(15-29-19)13-26-20(28)27(14-17-7-4-9-25-12-17)10-8-16-5-2-1-3-6-16/h1-7,9,11-12,15H,8,10,13-14H2,(H,26,28). The first kappa shape index (κ1) is 20.9. The quantitative estimate of drug-likeness (QED) is 0.578. The third-order valence-electron chi connectivity index (χ3n) is 4.27. The third kappa shape index (κ3) is 6.32. The monoisotopic (exact) mass is 419 g/mol. The molecular formula is C21H20F3N3OS. The van der Waals surface area contributed by atoms with Gasteiger partial charge in [-0.1, -0.05) is 36.4 Å². The molecule has 0 spiro atoms. The van der Waals surface area contributed by atoms with Gasteiger partial charge in [-0.25, -0.2) is 4.79 Å². The van der Waals surface area contributed by atoms with E-state index in [2.05, 4.69) is 10.3 Å². The number of carbonyl (C=O) groups is 1. The van der Waals surface area contributed by atoms with Gasteiger partial charge in [-0.3, -0.25) is 4.98 Å². The van der Waals surface area contributed by atoms with E-state index in [1.54, 1.807) is 23.4 Å². The molecule has 3 rings (SSSR count). The summed E-state index contributed by atoms with van der Waals surface area (Å²) in [6.45, 7) is 0.881. The van der Waals surface area contributed by atoms with Gasteiger partial charge >= 0.3 is 12.2 Å². The Morgan fingerprint density at radius 3 is 2.48 bits per heavy atom. The van der Waals surface area contributed by atoms with Crippen molar-refractivity contribution < 1.29 is 18.0 Å². The Labute approximate surface area is 171 Å². The molecule has 0 aliphatic rings. The highest BCUT2D eigenvalue weighted by atomic mass is 32.1. The molecule has 3 aromatic rings. The Balaban J connectivity index is 1.63. The summed E-state index contributed by atoms with van der Waals surface area (Å²) in [6, 6.07) is 14.2. The van der Waals surface area contributed by atoms with Crippen LogP contribution in [0.25, 0.3) is 0 Å². The molecule has 29 heavy (non-hydrogen) atoms. The van der Waals surface area contributed by atoms with Gasteiger partial charge in [0.05, 0.1) is 0 Å². The molecular weight excluding hydrogens is 399 g/mol. The van der Waals surface area contributed by atoms with Crippen LogP contribution in [0.1, 0.15) is 21.6 Å². The maximum absolute atomic E-state index is 12.7. The van der Waals surface area contributed by atoms with Gasteiger partial charge in [-0.15, -0.1) is 11.3 Å². The average molecular weight is 419 g/mol. The maximum atomic E-state index is 12.7. The zero-order chi connectivity index (χ0) is 20.7. The highest BCUT2D eigenvalue weighted by Gasteiger charge is 2.32. The van der Waals surface area contributed by atoms with Crippen LogP contribution in [-0.4, -0.2) is 22.5 Å². The van der Waals surface area contributed by atoms with Crippen molar-refractivity contribution in [3.05, 3.63) is 87.9 Å². The second-order valence-corrected chi connectivity index (χ2v) is 7.41. The molecule has 0 fully saturated rings. The fourth-order valence-corrected chi connectivity index (χ4v) is 3.56. The van der Waals surface area contributed by atoms with Crippen molar-refractivity contribution in [1.29, 1.82) is 0 Å². The third-order valence-corrected chi connectivity index (χ3v) is 5.30. The number of nitrogens with zero attached hydrogens (tertiary/aromatic N) is 2. The number of nitrogens with one attached hydrogen (secondary N) is 1. The van der Waals surface area contributed by atoms with Gasteiger partial charge < -0.3 is 10.2 Å². The van der Waals surface area contributed by atoms with Crippen LogP contribution in [0.2, 0.25) is 0 Å². The Morgan fingerprint density at radius 2 is 1.83 bits per heavy atom. The summed E-state index contributed by atoms with van der Waals surface area (Å²) in [4.78, 5) is 17.8. The smallest absolute Gasteiger partial charge is 0.334 e. The van der Waals surface area contributed by atoms with E-state index in [9.17, 15) is 18.0 Å². The fraction of sp³-hybridized carbons (Fsp3) is 0.238. The molecule has 1 aromatic carbocycles. The minimum Gasteiger partial charge on any atom is -0.334 e. The Bertz CT molecular complexity index is 914. The Kier molecular flexibility index (Phi) is 6.87. The van der Waals surface area contributed by atoms with E-state index in [1.807, 2.05) is 36.4 Å². The van der Waals surface area contributed by atoms with E-state index in [0.717, 1.165) is 17.2 Å². The number of hydrogen-bond donors (Lipinski definition) is 1. The molecule has 8 heteroatoms. The second kappa shape index (κ2) is 9.56. The van der Waals surface area contributed by atoms with Crippen molar-refractivity contribution in [2.75, 3.05) is 6.54 Å². The number of rotatable bonds is 7. The van der Waals surface area contributed by atoms with Gasteiger partial charge in [-0.05, 0) is 40.6 Å². The van der Waals surface area contributed by atoms with E-state index in [0.29, 0.717) is 36.4 Å². The average Bonchev–Trinajstić information content (AvgIpc) is 3.20. The molecule has 0 saturated carbocycles. The topological polar surface area (TPSA) is 45.2 Å². The van der Waals surface area contributed by atoms with Gasteiger partial charge in [0.15, 0.2) is 0 Å². The molecule has 0 radical (unpaired) electrons. The van der Waals surface area contributed by atoms with E-state index < -0.39 is 11.1 Å². The van der Waals surface area contributed by atoms with E-state index in [1.165, 1.54) is 5.38 Å². The van der Waals surface area contributed by atoms with Gasteiger partial charge in [0.2, 0.25) is 0 Å². The highest BCUT2D eigenvalue weighted by Crippen LogP contribution is 2.34. The first-order valence-corrected chi connectivity index (χ1v) is 9.90. The van der Waals surface area contributed by atoms with Crippen LogP contribution >= 0.6 is 11.3 Å². The predicted molar refractivity (Wildman–Crippen MR) is 106 cm³/mol. The number of benzene rings is 1. The second-order valence-electron chi connectivity index (χ2n) is 6.49. The van der Waals surface area contributed by atoms with Crippen LogP contribution in [0.15, 0.2) is 66.3 Å². The van der Waals surface area contributed by atoms with Crippen LogP contribution in [0.3, 0.4) is 0 Å². The molecule has 0 bridgehead atoms. The van der Waals surface area contributed by atoms with Crippen LogP contribution < -0.4 is 5.32 Å². The van der Waals surface area contributed by atoms with Crippen LogP contribution in [0.4, 0.5) is 18.0 Å². The lowest BCUT2D eigenvalue weighted by Gasteiger charge is -2.23. The molecule has 4 nitrogen and oxygen atoms in total. The predicted octanol–water partition coefficient (Wildman–Crippen LogP) is 5.12. The first-order chi connectivity index (χ1) is 13.9. The van der Waals surface area contributed by atoms with Gasteiger partial charge in [0.25, 0.3) is 0 Å². The number of hydrogen-bond acceptors (Lipinski definition) is 3. The van der Waals surface area contributed by atoms with Crippen molar-refractivity contribution >= 4 is 17.4 Å². The summed E-state index contributed by atoms with van der Waals surface area (Å²) in [5.74, 6) is 0. The number of pyridine rings is 1.